The van der Waals surface area contributed by atoms with Crippen LogP contribution in [-0.2, 0) is 6.54 Å². The minimum atomic E-state index is -0.391. The zero-order valence-electron chi connectivity index (χ0n) is 13.4. The van der Waals surface area contributed by atoms with Crippen molar-refractivity contribution < 1.29 is 0 Å². The topological polar surface area (TPSA) is 44.0 Å². The molecular formula is C19H12Cl2N2O2S. The minimum Gasteiger partial charge on any atom is -0.288 e. The lowest BCUT2D eigenvalue weighted by Gasteiger charge is -2.12. The number of hydrogen-bond donors (Lipinski definition) is 0. The van der Waals surface area contributed by atoms with Crippen molar-refractivity contribution in [2.45, 2.75) is 6.54 Å². The largest absolute Gasteiger partial charge is 0.336 e. The Bertz CT molecular complexity index is 1210. The molecule has 0 saturated carbocycles. The number of fused-ring (bicyclic) bond motifs is 1. The fourth-order valence-corrected chi connectivity index (χ4v) is 3.91. The molecule has 0 N–H and O–H groups in total. The molecule has 0 aliphatic heterocycles. The molecule has 2 aromatic heterocycles. The Morgan fingerprint density at radius 3 is 2.12 bits per heavy atom. The van der Waals surface area contributed by atoms with Crippen LogP contribution in [0.2, 0.25) is 10.0 Å². The molecule has 130 valence electrons. The quantitative estimate of drug-likeness (QED) is 0.503. The Morgan fingerprint density at radius 1 is 0.846 bits per heavy atom. The third-order valence-electron chi connectivity index (χ3n) is 4.09. The third-order valence-corrected chi connectivity index (χ3v) is 5.49. The van der Waals surface area contributed by atoms with Crippen LogP contribution in [0.25, 0.3) is 15.9 Å². The first-order valence-electron chi connectivity index (χ1n) is 7.78. The Balaban J connectivity index is 1.96. The summed E-state index contributed by atoms with van der Waals surface area (Å²) in [6.07, 6.45) is 0. The standard InChI is InChI=1S/C19H12Cl2N2O2S/c20-13-3-1-12(2-4-13)11-22-16-9-10-26-17(16)18(24)23(19(22)25)15-7-5-14(21)6-8-15/h1-10H,11H2. The fraction of sp³-hybridized carbons (Fsp3) is 0.0526. The van der Waals surface area contributed by atoms with Gasteiger partial charge in [0.25, 0.3) is 5.56 Å². The molecule has 0 aliphatic rings. The highest BCUT2D eigenvalue weighted by molar-refractivity contribution is 7.17. The number of thiophene rings is 1. The maximum Gasteiger partial charge on any atom is 0.336 e. The summed E-state index contributed by atoms with van der Waals surface area (Å²) in [5.41, 5.74) is 1.33. The van der Waals surface area contributed by atoms with Crippen molar-refractivity contribution >= 4 is 44.8 Å². The van der Waals surface area contributed by atoms with Crippen LogP contribution in [0.3, 0.4) is 0 Å². The van der Waals surface area contributed by atoms with E-state index < -0.39 is 5.69 Å². The molecule has 0 atom stereocenters. The first kappa shape index (κ1) is 17.1. The van der Waals surface area contributed by atoms with Crippen LogP contribution in [-0.4, -0.2) is 9.13 Å². The van der Waals surface area contributed by atoms with Crippen LogP contribution >= 0.6 is 34.5 Å². The average molecular weight is 403 g/mol. The van der Waals surface area contributed by atoms with Gasteiger partial charge in [-0.05, 0) is 53.4 Å². The summed E-state index contributed by atoms with van der Waals surface area (Å²) in [4.78, 5) is 26.0. The van der Waals surface area contributed by atoms with Crippen LogP contribution in [0, 0.1) is 0 Å². The van der Waals surface area contributed by atoms with Crippen LogP contribution in [0.1, 0.15) is 5.56 Å². The van der Waals surface area contributed by atoms with Gasteiger partial charge in [0.2, 0.25) is 0 Å². The molecule has 4 aromatic rings. The van der Waals surface area contributed by atoms with Gasteiger partial charge in [-0.25, -0.2) is 9.36 Å². The summed E-state index contributed by atoms with van der Waals surface area (Å²) in [6.45, 7) is 0.344. The number of benzene rings is 2. The van der Waals surface area contributed by atoms with E-state index in [2.05, 4.69) is 0 Å². The van der Waals surface area contributed by atoms with Crippen molar-refractivity contribution in [1.29, 1.82) is 0 Å². The molecule has 0 bridgehead atoms. The summed E-state index contributed by atoms with van der Waals surface area (Å²) < 4.78 is 3.32. The Hall–Kier alpha value is -2.34. The smallest absolute Gasteiger partial charge is 0.288 e. The number of nitrogens with zero attached hydrogens (tertiary/aromatic N) is 2. The van der Waals surface area contributed by atoms with Gasteiger partial charge in [0, 0.05) is 10.0 Å². The first-order chi connectivity index (χ1) is 12.5. The van der Waals surface area contributed by atoms with E-state index in [-0.39, 0.29) is 5.56 Å². The van der Waals surface area contributed by atoms with E-state index in [1.807, 2.05) is 17.5 Å². The maximum atomic E-state index is 13.1. The molecule has 0 spiro atoms. The number of hydrogen-bond acceptors (Lipinski definition) is 3. The monoisotopic (exact) mass is 402 g/mol. The van der Waals surface area contributed by atoms with Crippen molar-refractivity contribution in [2.75, 3.05) is 0 Å². The highest BCUT2D eigenvalue weighted by Crippen LogP contribution is 2.19. The molecule has 2 heterocycles. The van der Waals surface area contributed by atoms with Gasteiger partial charge >= 0.3 is 5.69 Å². The molecule has 26 heavy (non-hydrogen) atoms. The van der Waals surface area contributed by atoms with Crippen LogP contribution < -0.4 is 11.2 Å². The van der Waals surface area contributed by atoms with E-state index in [1.54, 1.807) is 47.0 Å². The van der Waals surface area contributed by atoms with Gasteiger partial charge in [-0.15, -0.1) is 11.3 Å². The zero-order chi connectivity index (χ0) is 18.3. The molecular weight excluding hydrogens is 391 g/mol. The van der Waals surface area contributed by atoms with Gasteiger partial charge in [0.15, 0.2) is 0 Å². The molecule has 0 saturated heterocycles. The summed E-state index contributed by atoms with van der Waals surface area (Å²) >= 11 is 13.2. The summed E-state index contributed by atoms with van der Waals surface area (Å²) in [7, 11) is 0. The van der Waals surface area contributed by atoms with Gasteiger partial charge in [-0.2, -0.15) is 0 Å². The van der Waals surface area contributed by atoms with E-state index in [0.29, 0.717) is 32.5 Å². The Morgan fingerprint density at radius 2 is 1.46 bits per heavy atom. The van der Waals surface area contributed by atoms with E-state index in [9.17, 15) is 9.59 Å². The first-order valence-corrected chi connectivity index (χ1v) is 9.41. The van der Waals surface area contributed by atoms with E-state index in [1.165, 1.54) is 15.9 Å². The number of aromatic nitrogens is 2. The normalized spacial score (nSPS) is 11.2. The van der Waals surface area contributed by atoms with Crippen LogP contribution in [0.4, 0.5) is 0 Å². The van der Waals surface area contributed by atoms with Crippen LogP contribution in [0.15, 0.2) is 69.6 Å². The predicted molar refractivity (Wildman–Crippen MR) is 107 cm³/mol. The zero-order valence-corrected chi connectivity index (χ0v) is 15.7. The molecule has 0 fully saturated rings. The minimum absolute atomic E-state index is 0.324. The average Bonchev–Trinajstić information content (AvgIpc) is 3.12. The Labute approximate surface area is 162 Å². The number of halogens is 2. The Kier molecular flexibility index (Phi) is 4.44. The summed E-state index contributed by atoms with van der Waals surface area (Å²) in [6, 6.07) is 15.7. The molecule has 4 rings (SSSR count). The van der Waals surface area contributed by atoms with E-state index >= 15 is 0 Å². The molecule has 0 radical (unpaired) electrons. The van der Waals surface area contributed by atoms with Gasteiger partial charge in [-0.1, -0.05) is 35.3 Å². The second kappa shape index (κ2) is 6.76. The van der Waals surface area contributed by atoms with E-state index in [4.69, 9.17) is 23.2 Å². The lowest BCUT2D eigenvalue weighted by molar-refractivity contribution is 0.716. The van der Waals surface area contributed by atoms with Gasteiger partial charge < -0.3 is 0 Å². The molecule has 2 aromatic carbocycles. The molecule has 0 unspecified atom stereocenters. The van der Waals surface area contributed by atoms with Gasteiger partial charge in [0.05, 0.1) is 17.7 Å². The molecule has 0 amide bonds. The SMILES string of the molecule is O=c1c2sccc2n(Cc2ccc(Cl)cc2)c(=O)n1-c1ccc(Cl)cc1. The lowest BCUT2D eigenvalue weighted by Crippen LogP contribution is -2.38. The summed E-state index contributed by atoms with van der Waals surface area (Å²) in [5, 5.41) is 2.99. The highest BCUT2D eigenvalue weighted by atomic mass is 35.5. The fourth-order valence-electron chi connectivity index (χ4n) is 2.83. The van der Waals surface area contributed by atoms with Crippen LogP contribution in [0.5, 0.6) is 0 Å². The van der Waals surface area contributed by atoms with Crippen molar-refractivity contribution in [2.24, 2.45) is 0 Å². The lowest BCUT2D eigenvalue weighted by atomic mass is 10.2. The maximum absolute atomic E-state index is 13.1. The van der Waals surface area contributed by atoms with Gasteiger partial charge in [0.1, 0.15) is 4.70 Å². The molecule has 7 heteroatoms. The van der Waals surface area contributed by atoms with Crippen molar-refractivity contribution in [3.05, 3.63) is 96.4 Å². The third kappa shape index (κ3) is 2.98. The molecule has 4 nitrogen and oxygen atoms in total. The predicted octanol–water partition coefficient (Wildman–Crippen LogP) is 4.57. The molecule has 0 aliphatic carbocycles. The van der Waals surface area contributed by atoms with Crippen molar-refractivity contribution in [1.82, 2.24) is 9.13 Å². The number of rotatable bonds is 3. The van der Waals surface area contributed by atoms with Gasteiger partial charge in [-0.3, -0.25) is 9.36 Å². The highest BCUT2D eigenvalue weighted by Gasteiger charge is 2.15. The van der Waals surface area contributed by atoms with Crippen molar-refractivity contribution in [3.8, 4) is 5.69 Å². The second-order valence-electron chi connectivity index (χ2n) is 5.75. The van der Waals surface area contributed by atoms with E-state index in [0.717, 1.165) is 5.56 Å². The van der Waals surface area contributed by atoms with Crippen molar-refractivity contribution in [3.63, 3.8) is 0 Å². The summed E-state index contributed by atoms with van der Waals surface area (Å²) in [5.74, 6) is 0. The second-order valence-corrected chi connectivity index (χ2v) is 7.54.